The predicted octanol–water partition coefficient (Wildman–Crippen LogP) is -0.0260. The molecule has 1 fully saturated rings. The third-order valence-corrected chi connectivity index (χ3v) is 6.01. The number of hydrogen-bond donors (Lipinski definition) is 6. The molecule has 10 heteroatoms. The fraction of sp³-hybridized carbons (Fsp3) is 0.522. The van der Waals surface area contributed by atoms with E-state index in [2.05, 4.69) is 15.3 Å². The number of carbonyl (C=O) groups excluding carboxylic acids is 1. The Kier molecular flexibility index (Phi) is 9.10. The van der Waals surface area contributed by atoms with Gasteiger partial charge in [0.05, 0.1) is 24.3 Å². The number of carbonyl (C=O) groups is 1. The van der Waals surface area contributed by atoms with Crippen LogP contribution in [-0.2, 0) is 0 Å². The average molecular weight is 460 g/mol. The van der Waals surface area contributed by atoms with Crippen molar-refractivity contribution in [2.75, 3.05) is 31.6 Å². The van der Waals surface area contributed by atoms with Gasteiger partial charge in [-0.15, -0.1) is 0 Å². The first-order valence-corrected chi connectivity index (χ1v) is 11.3. The molecular weight excluding hydrogens is 426 g/mol. The van der Waals surface area contributed by atoms with E-state index in [-0.39, 0.29) is 13.2 Å². The van der Waals surface area contributed by atoms with E-state index in [4.69, 9.17) is 5.73 Å². The monoisotopic (exact) mass is 459 g/mol. The van der Waals surface area contributed by atoms with Crippen LogP contribution in [0.3, 0.4) is 0 Å². The summed E-state index contributed by atoms with van der Waals surface area (Å²) in [5, 5.41) is 42.5. The van der Waals surface area contributed by atoms with Crippen molar-refractivity contribution < 1.29 is 25.2 Å². The lowest BCUT2D eigenvalue weighted by Crippen LogP contribution is -2.62. The minimum Gasteiger partial charge on any atom is -0.395 e. The lowest BCUT2D eigenvalue weighted by molar-refractivity contribution is -0.145. The van der Waals surface area contributed by atoms with Crippen LogP contribution in [0.5, 0.6) is 0 Å². The third-order valence-electron chi connectivity index (χ3n) is 6.01. The molecule has 0 unspecified atom stereocenters. The molecule has 0 spiro atoms. The number of hydrogen-bond acceptors (Lipinski definition) is 9. The van der Waals surface area contributed by atoms with Gasteiger partial charge in [-0.3, -0.25) is 9.69 Å². The summed E-state index contributed by atoms with van der Waals surface area (Å²) in [6.07, 6.45) is 3.46. The van der Waals surface area contributed by atoms with Crippen molar-refractivity contribution in [2.24, 2.45) is 5.73 Å². The smallest absolute Gasteiger partial charge is 0.250 e. The standard InChI is InChI=1S/C23H33N5O5/c24-22(33)16-12-15(23-26-9-5-10-27-23)6-7-17(16)25-8-3-1-2-4-11-28-13-19(30)21(32)20(31)18(28)14-29/h5-7,9-10,12,18-21,25,29-32H,1-4,8,11,13-14H2,(H2,24,33)/t18-,19+,20-,21-/m1/s1. The minimum absolute atomic E-state index is 0.227. The van der Waals surface area contributed by atoms with E-state index in [0.717, 1.165) is 31.2 Å². The molecule has 0 radical (unpaired) electrons. The normalized spacial score (nSPS) is 23.4. The molecule has 0 aliphatic carbocycles. The summed E-state index contributed by atoms with van der Waals surface area (Å²) in [6, 6.07) is 6.50. The number of nitrogens with two attached hydrogens (primary N) is 1. The zero-order chi connectivity index (χ0) is 23.8. The number of nitrogens with one attached hydrogen (secondary N) is 1. The number of benzene rings is 1. The number of β-amino-alcohol motifs (C(OH)–C–C–N with tert-alkyl or cyclic N) is 1. The van der Waals surface area contributed by atoms with Crippen LogP contribution in [0.15, 0.2) is 36.7 Å². The van der Waals surface area contributed by atoms with E-state index >= 15 is 0 Å². The van der Waals surface area contributed by atoms with Crippen molar-refractivity contribution in [1.29, 1.82) is 0 Å². The third kappa shape index (κ3) is 6.46. The van der Waals surface area contributed by atoms with Crippen molar-refractivity contribution in [2.45, 2.75) is 50.0 Å². The van der Waals surface area contributed by atoms with Crippen molar-refractivity contribution >= 4 is 11.6 Å². The topological polar surface area (TPSA) is 165 Å². The molecule has 2 heterocycles. The molecule has 0 bridgehead atoms. The molecule has 1 aromatic carbocycles. The zero-order valence-electron chi connectivity index (χ0n) is 18.5. The summed E-state index contributed by atoms with van der Waals surface area (Å²) in [5.41, 5.74) is 7.34. The number of aliphatic hydroxyl groups is 4. The van der Waals surface area contributed by atoms with E-state index in [1.54, 1.807) is 24.5 Å². The molecular formula is C23H33N5O5. The van der Waals surface area contributed by atoms with E-state index in [9.17, 15) is 25.2 Å². The second kappa shape index (κ2) is 12.0. The molecule has 1 amide bonds. The maximum absolute atomic E-state index is 11.9. The first-order valence-electron chi connectivity index (χ1n) is 11.3. The summed E-state index contributed by atoms with van der Waals surface area (Å²) in [4.78, 5) is 22.1. The fourth-order valence-electron chi connectivity index (χ4n) is 4.14. The van der Waals surface area contributed by atoms with Gasteiger partial charge in [-0.2, -0.15) is 0 Å². The van der Waals surface area contributed by atoms with Crippen LogP contribution in [-0.4, -0.2) is 91.8 Å². The number of unbranched alkanes of at least 4 members (excludes halogenated alkanes) is 3. The number of likely N-dealkylation sites (tertiary alicyclic amines) is 1. The number of amides is 1. The summed E-state index contributed by atoms with van der Waals surface area (Å²) < 4.78 is 0. The number of anilines is 1. The van der Waals surface area contributed by atoms with E-state index in [1.807, 2.05) is 17.0 Å². The molecule has 1 aliphatic rings. The Bertz CT molecular complexity index is 900. The lowest BCUT2D eigenvalue weighted by Gasteiger charge is -2.43. The molecule has 2 aromatic rings. The van der Waals surface area contributed by atoms with Gasteiger partial charge in [-0.25, -0.2) is 9.97 Å². The number of piperidine rings is 1. The largest absolute Gasteiger partial charge is 0.395 e. The Morgan fingerprint density at radius 2 is 1.82 bits per heavy atom. The van der Waals surface area contributed by atoms with Gasteiger partial charge in [0, 0.05) is 36.7 Å². The highest BCUT2D eigenvalue weighted by molar-refractivity contribution is 5.99. The molecule has 4 atom stereocenters. The number of nitrogens with zero attached hydrogens (tertiary/aromatic N) is 3. The van der Waals surface area contributed by atoms with Gasteiger partial charge in [-0.05, 0) is 43.7 Å². The van der Waals surface area contributed by atoms with Crippen molar-refractivity contribution in [1.82, 2.24) is 14.9 Å². The number of primary amides is 1. The molecule has 1 aromatic heterocycles. The summed E-state index contributed by atoms with van der Waals surface area (Å²) >= 11 is 0. The summed E-state index contributed by atoms with van der Waals surface area (Å²) in [6.45, 7) is 1.25. The van der Waals surface area contributed by atoms with E-state index in [1.165, 1.54) is 0 Å². The average Bonchev–Trinajstić information content (AvgIpc) is 2.82. The second-order valence-corrected chi connectivity index (χ2v) is 8.33. The van der Waals surface area contributed by atoms with Gasteiger partial charge >= 0.3 is 0 Å². The molecule has 1 saturated heterocycles. The second-order valence-electron chi connectivity index (χ2n) is 8.33. The van der Waals surface area contributed by atoms with Crippen molar-refractivity contribution in [3.63, 3.8) is 0 Å². The molecule has 10 nitrogen and oxygen atoms in total. The predicted molar refractivity (Wildman–Crippen MR) is 123 cm³/mol. The van der Waals surface area contributed by atoms with Gasteiger partial charge in [0.25, 0.3) is 5.91 Å². The fourth-order valence-corrected chi connectivity index (χ4v) is 4.14. The molecule has 0 saturated carbocycles. The van der Waals surface area contributed by atoms with E-state index in [0.29, 0.717) is 30.2 Å². The van der Waals surface area contributed by atoms with Gasteiger partial charge in [0.15, 0.2) is 5.82 Å². The molecule has 33 heavy (non-hydrogen) atoms. The SMILES string of the molecule is NC(=O)c1cc(-c2ncccn2)ccc1NCCCCCCN1C[C@H](O)[C@@H](O)[C@H](O)[C@H]1CO. The number of aromatic nitrogens is 2. The first-order chi connectivity index (χ1) is 15.9. The molecule has 1 aliphatic heterocycles. The Hall–Kier alpha value is -2.63. The Morgan fingerprint density at radius 3 is 2.52 bits per heavy atom. The van der Waals surface area contributed by atoms with Crippen molar-refractivity contribution in [3.8, 4) is 11.4 Å². The maximum Gasteiger partial charge on any atom is 0.250 e. The number of aliphatic hydroxyl groups excluding tert-OH is 4. The van der Waals surface area contributed by atoms with Crippen molar-refractivity contribution in [3.05, 3.63) is 42.2 Å². The van der Waals surface area contributed by atoms with Gasteiger partial charge in [0.2, 0.25) is 0 Å². The Morgan fingerprint density at radius 1 is 1.09 bits per heavy atom. The molecule has 3 rings (SSSR count). The van der Waals surface area contributed by atoms with E-state index < -0.39 is 30.3 Å². The Balaban J connectivity index is 1.42. The lowest BCUT2D eigenvalue weighted by atomic mass is 9.94. The highest BCUT2D eigenvalue weighted by Crippen LogP contribution is 2.23. The highest BCUT2D eigenvalue weighted by Gasteiger charge is 2.40. The van der Waals surface area contributed by atoms with Crippen LogP contribution in [0.1, 0.15) is 36.0 Å². The Labute approximate surface area is 193 Å². The van der Waals surface area contributed by atoms with Crippen LogP contribution >= 0.6 is 0 Å². The molecule has 7 N–H and O–H groups in total. The van der Waals surface area contributed by atoms with Crippen LogP contribution in [0.4, 0.5) is 5.69 Å². The summed E-state index contributed by atoms with van der Waals surface area (Å²) in [7, 11) is 0. The maximum atomic E-state index is 11.9. The van der Waals surface area contributed by atoms with Crippen LogP contribution in [0.2, 0.25) is 0 Å². The van der Waals surface area contributed by atoms with Gasteiger partial charge < -0.3 is 31.5 Å². The number of rotatable bonds is 11. The van der Waals surface area contributed by atoms with Crippen LogP contribution in [0, 0.1) is 0 Å². The first kappa shape index (κ1) is 25.0. The highest BCUT2D eigenvalue weighted by atomic mass is 16.4. The van der Waals surface area contributed by atoms with Gasteiger partial charge in [0.1, 0.15) is 12.2 Å². The quantitative estimate of drug-likeness (QED) is 0.253. The minimum atomic E-state index is -1.23. The molecule has 180 valence electrons. The zero-order valence-corrected chi connectivity index (χ0v) is 18.5. The van der Waals surface area contributed by atoms with Gasteiger partial charge in [-0.1, -0.05) is 12.8 Å². The van der Waals surface area contributed by atoms with Crippen LogP contribution in [0.25, 0.3) is 11.4 Å². The summed E-state index contributed by atoms with van der Waals surface area (Å²) in [5.74, 6) is 0.00276. The van der Waals surface area contributed by atoms with Crippen LogP contribution < -0.4 is 11.1 Å².